The molecule has 5 nitrogen and oxygen atoms in total. The van der Waals surface area contributed by atoms with Crippen LogP contribution in [0.1, 0.15) is 5.69 Å². The van der Waals surface area contributed by atoms with Gasteiger partial charge in [-0.05, 0) is 12.1 Å². The van der Waals surface area contributed by atoms with Crippen LogP contribution in [0.3, 0.4) is 0 Å². The quantitative estimate of drug-likeness (QED) is 0.834. The Balaban J connectivity index is 2.80. The van der Waals surface area contributed by atoms with Crippen LogP contribution in [0.5, 0.6) is 11.5 Å². The van der Waals surface area contributed by atoms with Crippen LogP contribution >= 0.6 is 0 Å². The predicted molar refractivity (Wildman–Crippen MR) is 67.2 cm³/mol. The molecule has 17 heavy (non-hydrogen) atoms. The molecule has 0 saturated carbocycles. The average molecular weight is 233 g/mol. The number of nitrogen functional groups attached to an aromatic ring is 1. The number of methoxy groups -OCH3 is 2. The molecule has 2 rings (SSSR count). The van der Waals surface area contributed by atoms with Crippen molar-refractivity contribution in [1.29, 1.82) is 0 Å². The molecule has 0 spiro atoms. The Hall–Kier alpha value is -2.01. The van der Waals surface area contributed by atoms with Crippen molar-refractivity contribution in [2.24, 2.45) is 5.73 Å². The van der Waals surface area contributed by atoms with Gasteiger partial charge in [-0.1, -0.05) is 0 Å². The molecule has 0 amide bonds. The first-order chi connectivity index (χ1) is 8.21. The van der Waals surface area contributed by atoms with Crippen LogP contribution in [0, 0.1) is 0 Å². The number of fused-ring (bicyclic) bond motifs is 1. The number of nitrogens with zero attached hydrogens (tertiary/aromatic N) is 1. The highest BCUT2D eigenvalue weighted by Crippen LogP contribution is 2.35. The summed E-state index contributed by atoms with van der Waals surface area (Å²) >= 11 is 0. The van der Waals surface area contributed by atoms with E-state index in [1.807, 2.05) is 12.1 Å². The van der Waals surface area contributed by atoms with E-state index in [9.17, 15) is 0 Å². The third-order valence-corrected chi connectivity index (χ3v) is 2.70. The van der Waals surface area contributed by atoms with E-state index in [0.717, 1.165) is 16.5 Å². The molecule has 90 valence electrons. The Labute approximate surface area is 99.3 Å². The van der Waals surface area contributed by atoms with E-state index in [-0.39, 0.29) is 0 Å². The zero-order chi connectivity index (χ0) is 12.4. The van der Waals surface area contributed by atoms with Gasteiger partial charge in [-0.3, -0.25) is 4.98 Å². The van der Waals surface area contributed by atoms with Gasteiger partial charge in [0, 0.05) is 17.3 Å². The van der Waals surface area contributed by atoms with E-state index in [1.54, 1.807) is 20.4 Å². The van der Waals surface area contributed by atoms with Crippen LogP contribution in [0.4, 0.5) is 5.69 Å². The topological polar surface area (TPSA) is 83.4 Å². The molecule has 0 atom stereocenters. The first kappa shape index (κ1) is 11.5. The smallest absolute Gasteiger partial charge is 0.161 e. The van der Waals surface area contributed by atoms with Gasteiger partial charge in [0.15, 0.2) is 11.5 Å². The van der Waals surface area contributed by atoms with Gasteiger partial charge in [-0.25, -0.2) is 0 Å². The van der Waals surface area contributed by atoms with Crippen molar-refractivity contribution in [3.8, 4) is 11.5 Å². The molecule has 0 aliphatic heterocycles. The lowest BCUT2D eigenvalue weighted by atomic mass is 10.1. The zero-order valence-electron chi connectivity index (χ0n) is 9.86. The van der Waals surface area contributed by atoms with Crippen molar-refractivity contribution in [3.05, 3.63) is 24.0 Å². The minimum Gasteiger partial charge on any atom is -0.493 e. The molecule has 1 aromatic carbocycles. The van der Waals surface area contributed by atoms with E-state index in [2.05, 4.69) is 4.98 Å². The van der Waals surface area contributed by atoms with Crippen molar-refractivity contribution < 1.29 is 9.47 Å². The lowest BCUT2D eigenvalue weighted by molar-refractivity contribution is 0.356. The average Bonchev–Trinajstić information content (AvgIpc) is 2.38. The summed E-state index contributed by atoms with van der Waals surface area (Å²) in [4.78, 5) is 4.21. The van der Waals surface area contributed by atoms with Gasteiger partial charge >= 0.3 is 0 Å². The van der Waals surface area contributed by atoms with Crippen LogP contribution < -0.4 is 20.9 Å². The standard InChI is InChI=1S/C12H15N3O2/c1-16-11-3-7-8(4-12(11)17-2)10(5-13)15-6-9(7)14/h3-4,6H,5,13-14H2,1-2H3. The Kier molecular flexibility index (Phi) is 3.01. The molecule has 0 aliphatic carbocycles. The molecule has 2 aromatic rings. The lowest BCUT2D eigenvalue weighted by Crippen LogP contribution is -2.03. The van der Waals surface area contributed by atoms with E-state index in [1.165, 1.54) is 0 Å². The molecule has 0 radical (unpaired) electrons. The summed E-state index contributed by atoms with van der Waals surface area (Å²) in [7, 11) is 3.18. The van der Waals surface area contributed by atoms with Crippen LogP contribution in [-0.4, -0.2) is 19.2 Å². The van der Waals surface area contributed by atoms with Crippen LogP contribution in [0.25, 0.3) is 10.8 Å². The second-order valence-corrected chi connectivity index (χ2v) is 3.62. The second-order valence-electron chi connectivity index (χ2n) is 3.62. The molecule has 4 N–H and O–H groups in total. The van der Waals surface area contributed by atoms with Crippen molar-refractivity contribution in [1.82, 2.24) is 4.98 Å². The number of hydrogen-bond acceptors (Lipinski definition) is 5. The van der Waals surface area contributed by atoms with Crippen LogP contribution in [0.15, 0.2) is 18.3 Å². The van der Waals surface area contributed by atoms with Crippen molar-refractivity contribution in [2.75, 3.05) is 20.0 Å². The number of hydrogen-bond donors (Lipinski definition) is 2. The Bertz CT molecular complexity index is 555. The largest absolute Gasteiger partial charge is 0.493 e. The Morgan fingerprint density at radius 1 is 1.12 bits per heavy atom. The highest BCUT2D eigenvalue weighted by molar-refractivity contribution is 5.96. The molecule has 0 unspecified atom stereocenters. The highest BCUT2D eigenvalue weighted by Gasteiger charge is 2.11. The fourth-order valence-corrected chi connectivity index (χ4v) is 1.81. The fourth-order valence-electron chi connectivity index (χ4n) is 1.81. The number of pyridine rings is 1. The third-order valence-electron chi connectivity index (χ3n) is 2.70. The van der Waals surface area contributed by atoms with Crippen LogP contribution in [0.2, 0.25) is 0 Å². The monoisotopic (exact) mass is 233 g/mol. The molecule has 0 fully saturated rings. The molecule has 1 aromatic heterocycles. The summed E-state index contributed by atoms with van der Waals surface area (Å²) in [6.45, 7) is 0.353. The van der Waals surface area contributed by atoms with E-state index in [4.69, 9.17) is 20.9 Å². The third kappa shape index (κ3) is 1.85. The summed E-state index contributed by atoms with van der Waals surface area (Å²) in [5.41, 5.74) is 12.9. The van der Waals surface area contributed by atoms with Gasteiger partial charge in [-0.2, -0.15) is 0 Å². The van der Waals surface area contributed by atoms with Gasteiger partial charge in [0.1, 0.15) is 0 Å². The Morgan fingerprint density at radius 2 is 1.71 bits per heavy atom. The second kappa shape index (κ2) is 4.47. The number of benzene rings is 1. The molecular formula is C12H15N3O2. The molecule has 5 heteroatoms. The maximum absolute atomic E-state index is 5.90. The number of aromatic nitrogens is 1. The molecular weight excluding hydrogens is 218 g/mol. The molecule has 0 aliphatic rings. The van der Waals surface area contributed by atoms with Crippen molar-refractivity contribution >= 4 is 16.5 Å². The summed E-state index contributed by atoms with van der Waals surface area (Å²) in [6.07, 6.45) is 1.61. The van der Waals surface area contributed by atoms with Crippen molar-refractivity contribution in [2.45, 2.75) is 6.54 Å². The number of anilines is 1. The first-order valence-corrected chi connectivity index (χ1v) is 5.20. The number of ether oxygens (including phenoxy) is 2. The normalized spacial score (nSPS) is 10.5. The number of nitrogens with two attached hydrogens (primary N) is 2. The zero-order valence-corrected chi connectivity index (χ0v) is 9.86. The SMILES string of the molecule is COc1cc2c(N)cnc(CN)c2cc1OC. The summed E-state index contributed by atoms with van der Waals surface area (Å²) in [5, 5.41) is 1.77. The van der Waals surface area contributed by atoms with Gasteiger partial charge in [0.2, 0.25) is 0 Å². The van der Waals surface area contributed by atoms with Gasteiger partial charge in [-0.15, -0.1) is 0 Å². The van der Waals surface area contributed by atoms with E-state index >= 15 is 0 Å². The molecule has 1 heterocycles. The lowest BCUT2D eigenvalue weighted by Gasteiger charge is -2.12. The van der Waals surface area contributed by atoms with Gasteiger partial charge in [0.05, 0.1) is 31.8 Å². The minimum absolute atomic E-state index is 0.353. The van der Waals surface area contributed by atoms with Gasteiger partial charge < -0.3 is 20.9 Å². The summed E-state index contributed by atoms with van der Waals surface area (Å²) in [5.74, 6) is 1.28. The fraction of sp³-hybridized carbons (Fsp3) is 0.250. The summed E-state index contributed by atoms with van der Waals surface area (Å²) in [6, 6.07) is 3.68. The maximum Gasteiger partial charge on any atom is 0.161 e. The van der Waals surface area contributed by atoms with E-state index < -0.39 is 0 Å². The predicted octanol–water partition coefficient (Wildman–Crippen LogP) is 1.29. The maximum atomic E-state index is 5.90. The van der Waals surface area contributed by atoms with Gasteiger partial charge in [0.25, 0.3) is 0 Å². The highest BCUT2D eigenvalue weighted by atomic mass is 16.5. The minimum atomic E-state index is 0.353. The number of rotatable bonds is 3. The first-order valence-electron chi connectivity index (χ1n) is 5.20. The van der Waals surface area contributed by atoms with Crippen molar-refractivity contribution in [3.63, 3.8) is 0 Å². The molecule has 0 saturated heterocycles. The summed E-state index contributed by atoms with van der Waals surface area (Å²) < 4.78 is 10.5. The van der Waals surface area contributed by atoms with Crippen LogP contribution in [-0.2, 0) is 6.54 Å². The molecule has 0 bridgehead atoms. The Morgan fingerprint density at radius 3 is 2.24 bits per heavy atom. The van der Waals surface area contributed by atoms with E-state index in [0.29, 0.717) is 23.7 Å².